The van der Waals surface area contributed by atoms with Crippen molar-refractivity contribution in [3.8, 4) is 0 Å². The molecule has 2 saturated carbocycles. The van der Waals surface area contributed by atoms with Crippen molar-refractivity contribution in [3.05, 3.63) is 16.1 Å². The molecule has 0 spiro atoms. The number of nitrogens with zero attached hydrogens (tertiary/aromatic N) is 1. The summed E-state index contributed by atoms with van der Waals surface area (Å²) in [5, 5.41) is 9.35. The van der Waals surface area contributed by atoms with Crippen molar-refractivity contribution in [2.24, 2.45) is 0 Å². The van der Waals surface area contributed by atoms with Gasteiger partial charge in [-0.15, -0.1) is 11.3 Å². The predicted octanol–water partition coefficient (Wildman–Crippen LogP) is 3.34. The van der Waals surface area contributed by atoms with Gasteiger partial charge in [0, 0.05) is 18.4 Å². The highest BCUT2D eigenvalue weighted by Gasteiger charge is 2.28. The molecule has 2 fully saturated rings. The summed E-state index contributed by atoms with van der Waals surface area (Å²) in [5.41, 5.74) is 0.967. The highest BCUT2D eigenvalue weighted by atomic mass is 32.1. The Bertz CT molecular complexity index is 515. The fraction of sp³-hybridized carbons (Fsp3) is 0.750. The van der Waals surface area contributed by atoms with E-state index in [4.69, 9.17) is 4.74 Å². The number of aromatic nitrogens is 1. The molecule has 2 aliphatic rings. The fourth-order valence-corrected chi connectivity index (χ4v) is 4.13. The number of carbonyl (C=O) groups excluding carboxylic acids is 1. The Hall–Kier alpha value is -1.14. The largest absolute Gasteiger partial charge is 0.379 e. The maximum Gasteiger partial charge on any atom is 0.315 e. The number of carbonyl (C=O) groups is 1. The SMILES string of the molecule is COC1CCCCC1NC(=O)NC(C)c1csc(C2CC2)n1. The molecule has 0 aliphatic heterocycles. The summed E-state index contributed by atoms with van der Waals surface area (Å²) in [5.74, 6) is 0.671. The minimum absolute atomic E-state index is 0.0617. The number of urea groups is 1. The molecule has 2 aliphatic carbocycles. The highest BCUT2D eigenvalue weighted by molar-refractivity contribution is 7.09. The molecule has 1 aromatic rings. The van der Waals surface area contributed by atoms with Gasteiger partial charge < -0.3 is 15.4 Å². The second-order valence-electron chi connectivity index (χ2n) is 6.39. The maximum absolute atomic E-state index is 12.2. The molecule has 3 atom stereocenters. The van der Waals surface area contributed by atoms with Gasteiger partial charge in [-0.1, -0.05) is 12.8 Å². The summed E-state index contributed by atoms with van der Waals surface area (Å²) in [6.45, 7) is 1.99. The first-order valence-corrected chi connectivity index (χ1v) is 9.10. The highest BCUT2D eigenvalue weighted by Crippen LogP contribution is 2.41. The van der Waals surface area contributed by atoms with Crippen LogP contribution in [0.2, 0.25) is 0 Å². The Morgan fingerprint density at radius 3 is 2.86 bits per heavy atom. The molecule has 22 heavy (non-hydrogen) atoms. The van der Waals surface area contributed by atoms with Crippen molar-refractivity contribution in [1.29, 1.82) is 0 Å². The number of hydrogen-bond acceptors (Lipinski definition) is 4. The summed E-state index contributed by atoms with van der Waals surface area (Å²) in [4.78, 5) is 16.9. The van der Waals surface area contributed by atoms with E-state index in [0.717, 1.165) is 25.0 Å². The van der Waals surface area contributed by atoms with Gasteiger partial charge in [0.15, 0.2) is 0 Å². The van der Waals surface area contributed by atoms with Gasteiger partial charge in [0.2, 0.25) is 0 Å². The molecule has 0 aromatic carbocycles. The second-order valence-corrected chi connectivity index (χ2v) is 7.28. The first kappa shape index (κ1) is 15.7. The third-order valence-corrected chi connectivity index (χ3v) is 5.60. The topological polar surface area (TPSA) is 63.2 Å². The number of thiazole rings is 1. The third-order valence-electron chi connectivity index (χ3n) is 4.58. The van der Waals surface area contributed by atoms with E-state index < -0.39 is 0 Å². The minimum atomic E-state index is -0.123. The zero-order valence-corrected chi connectivity index (χ0v) is 14.1. The summed E-state index contributed by atoms with van der Waals surface area (Å²) in [7, 11) is 1.72. The molecule has 1 aromatic heterocycles. The average Bonchev–Trinajstić information content (AvgIpc) is 3.24. The number of hydrogen-bond donors (Lipinski definition) is 2. The van der Waals surface area contributed by atoms with Gasteiger partial charge in [0.05, 0.1) is 28.9 Å². The van der Waals surface area contributed by atoms with Crippen LogP contribution in [0.1, 0.15) is 68.1 Å². The van der Waals surface area contributed by atoms with Gasteiger partial charge in [0.25, 0.3) is 0 Å². The average molecular weight is 323 g/mol. The van der Waals surface area contributed by atoms with E-state index in [1.165, 1.54) is 24.3 Å². The van der Waals surface area contributed by atoms with Gasteiger partial charge in [0.1, 0.15) is 0 Å². The Balaban J connectivity index is 1.51. The molecule has 3 unspecified atom stereocenters. The molecular weight excluding hydrogens is 298 g/mol. The van der Waals surface area contributed by atoms with Crippen LogP contribution in [-0.4, -0.2) is 30.3 Å². The van der Waals surface area contributed by atoms with Crippen LogP contribution in [-0.2, 0) is 4.74 Å². The standard InChI is InChI=1S/C16H25N3O2S/c1-10(13-9-22-15(18-13)11-7-8-11)17-16(20)19-12-5-3-4-6-14(12)21-2/h9-12,14H,3-8H2,1-2H3,(H2,17,19,20). The molecule has 0 saturated heterocycles. The molecule has 2 amide bonds. The lowest BCUT2D eigenvalue weighted by Crippen LogP contribution is -2.50. The van der Waals surface area contributed by atoms with E-state index in [2.05, 4.69) is 21.0 Å². The van der Waals surface area contributed by atoms with Gasteiger partial charge in [-0.05, 0) is 32.6 Å². The van der Waals surface area contributed by atoms with Crippen LogP contribution in [0, 0.1) is 0 Å². The monoisotopic (exact) mass is 323 g/mol. The quantitative estimate of drug-likeness (QED) is 0.873. The Morgan fingerprint density at radius 2 is 2.14 bits per heavy atom. The van der Waals surface area contributed by atoms with Gasteiger partial charge >= 0.3 is 6.03 Å². The summed E-state index contributed by atoms with van der Waals surface area (Å²) < 4.78 is 5.48. The molecular formula is C16H25N3O2S. The molecule has 2 N–H and O–H groups in total. The zero-order valence-electron chi connectivity index (χ0n) is 13.3. The third kappa shape index (κ3) is 3.79. The van der Waals surface area contributed by atoms with Crippen LogP contribution in [0.15, 0.2) is 5.38 Å². The van der Waals surface area contributed by atoms with Crippen molar-refractivity contribution < 1.29 is 9.53 Å². The van der Waals surface area contributed by atoms with Crippen LogP contribution >= 0.6 is 11.3 Å². The van der Waals surface area contributed by atoms with Crippen LogP contribution < -0.4 is 10.6 Å². The van der Waals surface area contributed by atoms with Crippen molar-refractivity contribution in [2.45, 2.75) is 69.6 Å². The molecule has 0 bridgehead atoms. The maximum atomic E-state index is 12.2. The lowest BCUT2D eigenvalue weighted by atomic mass is 9.92. The normalized spacial score (nSPS) is 26.5. The molecule has 3 rings (SSSR count). The lowest BCUT2D eigenvalue weighted by Gasteiger charge is -2.31. The van der Waals surface area contributed by atoms with E-state index in [0.29, 0.717) is 5.92 Å². The van der Waals surface area contributed by atoms with E-state index in [1.54, 1.807) is 18.4 Å². The predicted molar refractivity (Wildman–Crippen MR) is 87.2 cm³/mol. The number of rotatable bonds is 5. The number of nitrogens with one attached hydrogen (secondary N) is 2. The van der Waals surface area contributed by atoms with Crippen molar-refractivity contribution >= 4 is 17.4 Å². The van der Waals surface area contributed by atoms with Crippen LogP contribution in [0.25, 0.3) is 0 Å². The Kier molecular flexibility index (Phi) is 4.98. The first-order chi connectivity index (χ1) is 10.7. The van der Waals surface area contributed by atoms with E-state index >= 15 is 0 Å². The Morgan fingerprint density at radius 1 is 1.36 bits per heavy atom. The zero-order chi connectivity index (χ0) is 15.5. The lowest BCUT2D eigenvalue weighted by molar-refractivity contribution is 0.0451. The van der Waals surface area contributed by atoms with Gasteiger partial charge in [-0.25, -0.2) is 9.78 Å². The van der Waals surface area contributed by atoms with Crippen LogP contribution in [0.5, 0.6) is 0 Å². The van der Waals surface area contributed by atoms with E-state index in [1.807, 2.05) is 6.92 Å². The van der Waals surface area contributed by atoms with Crippen LogP contribution in [0.3, 0.4) is 0 Å². The Labute approximate surface area is 135 Å². The molecule has 6 heteroatoms. The summed E-state index contributed by atoms with van der Waals surface area (Å²) in [6, 6.07) is -0.0702. The fourth-order valence-electron chi connectivity index (χ4n) is 3.04. The van der Waals surface area contributed by atoms with E-state index in [-0.39, 0.29) is 24.2 Å². The number of amides is 2. The molecule has 1 heterocycles. The number of methoxy groups -OCH3 is 1. The molecule has 5 nitrogen and oxygen atoms in total. The first-order valence-electron chi connectivity index (χ1n) is 8.22. The van der Waals surface area contributed by atoms with Crippen molar-refractivity contribution in [2.75, 3.05) is 7.11 Å². The molecule has 122 valence electrons. The van der Waals surface area contributed by atoms with Crippen molar-refractivity contribution in [1.82, 2.24) is 15.6 Å². The second kappa shape index (κ2) is 6.96. The smallest absolute Gasteiger partial charge is 0.315 e. The van der Waals surface area contributed by atoms with Gasteiger partial charge in [-0.3, -0.25) is 0 Å². The summed E-state index contributed by atoms with van der Waals surface area (Å²) >= 11 is 1.71. The summed E-state index contributed by atoms with van der Waals surface area (Å²) in [6.07, 6.45) is 6.99. The van der Waals surface area contributed by atoms with Crippen LogP contribution in [0.4, 0.5) is 4.79 Å². The van der Waals surface area contributed by atoms with E-state index in [9.17, 15) is 4.79 Å². The molecule has 0 radical (unpaired) electrons. The van der Waals surface area contributed by atoms with Crippen molar-refractivity contribution in [3.63, 3.8) is 0 Å². The van der Waals surface area contributed by atoms with Gasteiger partial charge in [-0.2, -0.15) is 0 Å². The minimum Gasteiger partial charge on any atom is -0.379 e. The number of ether oxygens (including phenoxy) is 1.